The van der Waals surface area contributed by atoms with Crippen LogP contribution < -0.4 is 0 Å². The van der Waals surface area contributed by atoms with Crippen LogP contribution in [0.15, 0.2) is 0 Å². The summed E-state index contributed by atoms with van der Waals surface area (Å²) in [5.41, 5.74) is 0. The summed E-state index contributed by atoms with van der Waals surface area (Å²) in [6.07, 6.45) is -1.41. The van der Waals surface area contributed by atoms with Gasteiger partial charge in [0.25, 0.3) is 0 Å². The summed E-state index contributed by atoms with van der Waals surface area (Å²) in [5.74, 6) is -0.853. The van der Waals surface area contributed by atoms with Crippen LogP contribution in [0.2, 0.25) is 0 Å². The van der Waals surface area contributed by atoms with Gasteiger partial charge in [-0.2, -0.15) is 0 Å². The first-order valence-corrected chi connectivity index (χ1v) is 2.75. The lowest BCUT2D eigenvalue weighted by molar-refractivity contribution is -0.137. The Morgan fingerprint density at radius 3 is 1.55 bits per heavy atom. The van der Waals surface area contributed by atoms with E-state index in [0.717, 1.165) is 0 Å². The third-order valence-corrected chi connectivity index (χ3v) is 0.549. The molecule has 0 aromatic carbocycles. The average Bonchev–Trinajstić information content (AvgIpc) is 1.82. The van der Waals surface area contributed by atoms with E-state index in [1.165, 1.54) is 0 Å². The second-order valence-corrected chi connectivity index (χ2v) is 1.50. The molecule has 0 spiro atoms. The Morgan fingerprint density at radius 2 is 1.45 bits per heavy atom. The summed E-state index contributed by atoms with van der Waals surface area (Å²) in [6.45, 7) is -0.0354. The SMILES string of the molecule is O=C(O)CCCO.O=C(O)O. The lowest BCUT2D eigenvalue weighted by Crippen LogP contribution is -1.95. The Hall–Kier alpha value is -1.30. The van der Waals surface area contributed by atoms with Gasteiger partial charge in [0.15, 0.2) is 0 Å². The van der Waals surface area contributed by atoms with E-state index in [1.54, 1.807) is 0 Å². The van der Waals surface area contributed by atoms with Crippen molar-refractivity contribution in [1.29, 1.82) is 0 Å². The highest BCUT2D eigenvalue weighted by Crippen LogP contribution is 1.83. The van der Waals surface area contributed by atoms with E-state index in [-0.39, 0.29) is 13.0 Å². The maximum absolute atomic E-state index is 9.65. The highest BCUT2D eigenvalue weighted by Gasteiger charge is 1.91. The molecule has 0 fully saturated rings. The predicted molar refractivity (Wildman–Crippen MR) is 34.6 cm³/mol. The van der Waals surface area contributed by atoms with Crippen molar-refractivity contribution in [2.24, 2.45) is 0 Å². The maximum Gasteiger partial charge on any atom is 0.503 e. The summed E-state index contributed by atoms with van der Waals surface area (Å²) in [4.78, 5) is 18.2. The van der Waals surface area contributed by atoms with Crippen molar-refractivity contribution in [2.75, 3.05) is 6.61 Å². The molecular formula is C5H10O6. The van der Waals surface area contributed by atoms with E-state index < -0.39 is 12.1 Å². The first-order valence-electron chi connectivity index (χ1n) is 2.75. The maximum atomic E-state index is 9.65. The van der Waals surface area contributed by atoms with Crippen molar-refractivity contribution in [3.63, 3.8) is 0 Å². The topological polar surface area (TPSA) is 115 Å². The third-order valence-electron chi connectivity index (χ3n) is 0.549. The molecule has 0 bridgehead atoms. The molecule has 66 valence electrons. The summed E-state index contributed by atoms with van der Waals surface area (Å²) in [6, 6.07) is 0. The molecule has 0 aliphatic rings. The van der Waals surface area contributed by atoms with Crippen LogP contribution in [-0.4, -0.2) is 39.2 Å². The summed E-state index contributed by atoms with van der Waals surface area (Å²) < 4.78 is 0. The van der Waals surface area contributed by atoms with E-state index in [2.05, 4.69) is 0 Å². The Bertz CT molecular complexity index is 116. The van der Waals surface area contributed by atoms with E-state index in [4.69, 9.17) is 25.2 Å². The molecule has 0 rings (SSSR count). The van der Waals surface area contributed by atoms with Crippen molar-refractivity contribution in [3.05, 3.63) is 0 Å². The van der Waals surface area contributed by atoms with Gasteiger partial charge in [-0.05, 0) is 6.42 Å². The van der Waals surface area contributed by atoms with Crippen molar-refractivity contribution < 1.29 is 30.0 Å². The first kappa shape index (κ1) is 12.4. The lowest BCUT2D eigenvalue weighted by Gasteiger charge is -1.85. The standard InChI is InChI=1S/C4H8O3.CH2O3/c5-3-1-2-4(6)7;2-1(3)4/h5H,1-3H2,(H,6,7);(H2,2,3,4). The molecular weight excluding hydrogens is 156 g/mol. The Labute approximate surface area is 62.7 Å². The molecule has 0 atom stereocenters. The van der Waals surface area contributed by atoms with Crippen LogP contribution in [0.1, 0.15) is 12.8 Å². The zero-order valence-corrected chi connectivity index (χ0v) is 5.73. The van der Waals surface area contributed by atoms with E-state index >= 15 is 0 Å². The average molecular weight is 166 g/mol. The Balaban J connectivity index is 0. The monoisotopic (exact) mass is 166 g/mol. The van der Waals surface area contributed by atoms with Crippen molar-refractivity contribution in [1.82, 2.24) is 0 Å². The highest BCUT2D eigenvalue weighted by molar-refractivity contribution is 5.66. The Kier molecular flexibility index (Phi) is 9.79. The number of hydrogen-bond donors (Lipinski definition) is 4. The van der Waals surface area contributed by atoms with E-state index in [0.29, 0.717) is 6.42 Å². The number of carbonyl (C=O) groups is 2. The van der Waals surface area contributed by atoms with Crippen LogP contribution in [0.3, 0.4) is 0 Å². The number of aliphatic carboxylic acids is 1. The molecule has 0 radical (unpaired) electrons. The molecule has 0 heterocycles. The molecule has 0 saturated heterocycles. The van der Waals surface area contributed by atoms with Crippen LogP contribution in [0.5, 0.6) is 0 Å². The molecule has 0 saturated carbocycles. The fourth-order valence-corrected chi connectivity index (χ4v) is 0.230. The lowest BCUT2D eigenvalue weighted by atomic mass is 10.3. The molecule has 0 aromatic heterocycles. The minimum atomic E-state index is -1.83. The Morgan fingerprint density at radius 1 is 1.09 bits per heavy atom. The zero-order chi connectivity index (χ0) is 9.28. The van der Waals surface area contributed by atoms with Gasteiger partial charge in [-0.1, -0.05) is 0 Å². The van der Waals surface area contributed by atoms with Gasteiger partial charge in [-0.25, -0.2) is 4.79 Å². The van der Waals surface area contributed by atoms with Crippen LogP contribution >= 0.6 is 0 Å². The number of rotatable bonds is 3. The van der Waals surface area contributed by atoms with Gasteiger partial charge < -0.3 is 20.4 Å². The van der Waals surface area contributed by atoms with Gasteiger partial charge in [0.1, 0.15) is 0 Å². The van der Waals surface area contributed by atoms with E-state index in [9.17, 15) is 4.79 Å². The molecule has 0 aromatic rings. The van der Waals surface area contributed by atoms with Crippen LogP contribution in [-0.2, 0) is 4.79 Å². The van der Waals surface area contributed by atoms with Crippen LogP contribution in [0.4, 0.5) is 4.79 Å². The molecule has 0 amide bonds. The molecule has 4 N–H and O–H groups in total. The third kappa shape index (κ3) is 53.6. The molecule has 0 aliphatic heterocycles. The first-order chi connectivity index (χ1) is 5.00. The fourth-order valence-electron chi connectivity index (χ4n) is 0.230. The number of hydrogen-bond acceptors (Lipinski definition) is 3. The predicted octanol–water partition coefficient (Wildman–Crippen LogP) is 0.0659. The summed E-state index contributed by atoms with van der Waals surface area (Å²) in [5, 5.41) is 29.9. The van der Waals surface area contributed by atoms with Crippen LogP contribution in [0.25, 0.3) is 0 Å². The molecule has 6 nitrogen and oxygen atoms in total. The second kappa shape index (κ2) is 8.70. The molecule has 11 heavy (non-hydrogen) atoms. The largest absolute Gasteiger partial charge is 0.503 e. The molecule has 6 heteroatoms. The van der Waals surface area contributed by atoms with Gasteiger partial charge in [0.05, 0.1) is 0 Å². The van der Waals surface area contributed by atoms with Crippen molar-refractivity contribution in [2.45, 2.75) is 12.8 Å². The van der Waals surface area contributed by atoms with Crippen molar-refractivity contribution in [3.8, 4) is 0 Å². The smallest absolute Gasteiger partial charge is 0.481 e. The van der Waals surface area contributed by atoms with Gasteiger partial charge >= 0.3 is 12.1 Å². The normalized spacial score (nSPS) is 7.73. The number of carboxylic acid groups (broad SMARTS) is 3. The van der Waals surface area contributed by atoms with Gasteiger partial charge in [-0.15, -0.1) is 0 Å². The number of aliphatic hydroxyl groups is 1. The van der Waals surface area contributed by atoms with Crippen LogP contribution in [0, 0.1) is 0 Å². The minimum absolute atomic E-state index is 0.0354. The summed E-state index contributed by atoms with van der Waals surface area (Å²) in [7, 11) is 0. The quantitative estimate of drug-likeness (QED) is 0.471. The molecule has 0 unspecified atom stereocenters. The number of aliphatic hydroxyl groups excluding tert-OH is 1. The van der Waals surface area contributed by atoms with Gasteiger partial charge in [0.2, 0.25) is 0 Å². The minimum Gasteiger partial charge on any atom is -0.481 e. The second-order valence-electron chi connectivity index (χ2n) is 1.50. The van der Waals surface area contributed by atoms with E-state index in [1.807, 2.05) is 0 Å². The zero-order valence-electron chi connectivity index (χ0n) is 5.73. The van der Waals surface area contributed by atoms with Crippen molar-refractivity contribution >= 4 is 12.1 Å². The molecule has 0 aliphatic carbocycles. The fraction of sp³-hybridized carbons (Fsp3) is 0.600. The van der Waals surface area contributed by atoms with Gasteiger partial charge in [-0.3, -0.25) is 4.79 Å². The highest BCUT2D eigenvalue weighted by atomic mass is 16.6. The number of carboxylic acids is 1. The summed E-state index contributed by atoms with van der Waals surface area (Å²) >= 11 is 0. The van der Waals surface area contributed by atoms with Gasteiger partial charge in [0, 0.05) is 13.0 Å².